The molecule has 3 aromatic rings. The van der Waals surface area contributed by atoms with Crippen molar-refractivity contribution in [2.24, 2.45) is 0 Å². The summed E-state index contributed by atoms with van der Waals surface area (Å²) >= 11 is 0. The standard InChI is InChI=1S/C15H12N4O2/c20-15(21)12-6-7-13(16-8-12)9-19-10-14(17-18-19)11-4-2-1-3-5-11/h1-8,10H,9H2,(H,20,21). The predicted molar refractivity (Wildman–Crippen MR) is 75.8 cm³/mol. The number of nitrogens with zero attached hydrogens (tertiary/aromatic N) is 4. The minimum Gasteiger partial charge on any atom is -0.478 e. The zero-order valence-electron chi connectivity index (χ0n) is 11.0. The second-order valence-corrected chi connectivity index (χ2v) is 4.51. The molecule has 0 aliphatic carbocycles. The van der Waals surface area contributed by atoms with E-state index in [9.17, 15) is 4.79 Å². The zero-order chi connectivity index (χ0) is 14.7. The Hall–Kier alpha value is -3.02. The molecule has 2 heterocycles. The highest BCUT2D eigenvalue weighted by atomic mass is 16.4. The molecule has 0 fully saturated rings. The molecule has 0 amide bonds. The van der Waals surface area contributed by atoms with E-state index in [0.29, 0.717) is 6.54 Å². The minimum absolute atomic E-state index is 0.169. The molecule has 0 spiro atoms. The Labute approximate surface area is 120 Å². The largest absolute Gasteiger partial charge is 0.478 e. The van der Waals surface area contributed by atoms with Gasteiger partial charge in [-0.25, -0.2) is 9.48 Å². The van der Waals surface area contributed by atoms with Gasteiger partial charge in [0.1, 0.15) is 5.69 Å². The van der Waals surface area contributed by atoms with Gasteiger partial charge in [0.05, 0.1) is 24.0 Å². The molecule has 2 aromatic heterocycles. The minimum atomic E-state index is -0.985. The van der Waals surface area contributed by atoms with Crippen LogP contribution in [-0.4, -0.2) is 31.1 Å². The molecule has 0 radical (unpaired) electrons. The molecular weight excluding hydrogens is 268 g/mol. The van der Waals surface area contributed by atoms with E-state index in [2.05, 4.69) is 15.3 Å². The maximum absolute atomic E-state index is 10.8. The van der Waals surface area contributed by atoms with E-state index >= 15 is 0 Å². The van der Waals surface area contributed by atoms with Gasteiger partial charge in [-0.1, -0.05) is 35.5 Å². The molecule has 0 atom stereocenters. The number of hydrogen-bond donors (Lipinski definition) is 1. The zero-order valence-corrected chi connectivity index (χ0v) is 11.0. The van der Waals surface area contributed by atoms with Crippen molar-refractivity contribution in [2.45, 2.75) is 6.54 Å². The van der Waals surface area contributed by atoms with Gasteiger partial charge in [0.2, 0.25) is 0 Å². The van der Waals surface area contributed by atoms with Gasteiger partial charge in [-0.3, -0.25) is 4.98 Å². The predicted octanol–water partition coefficient (Wildman–Crippen LogP) is 2.09. The molecule has 0 saturated carbocycles. The lowest BCUT2D eigenvalue weighted by Gasteiger charge is -2.00. The third-order valence-electron chi connectivity index (χ3n) is 3.00. The Balaban J connectivity index is 1.77. The van der Waals surface area contributed by atoms with E-state index in [1.54, 1.807) is 10.7 Å². The van der Waals surface area contributed by atoms with Crippen LogP contribution >= 0.6 is 0 Å². The van der Waals surface area contributed by atoms with Crippen molar-refractivity contribution < 1.29 is 9.90 Å². The number of rotatable bonds is 4. The van der Waals surface area contributed by atoms with Crippen molar-refractivity contribution in [3.8, 4) is 11.3 Å². The second kappa shape index (κ2) is 5.54. The Bertz CT molecular complexity index is 751. The Morgan fingerprint density at radius 1 is 1.14 bits per heavy atom. The van der Waals surface area contributed by atoms with E-state index in [-0.39, 0.29) is 5.56 Å². The number of aromatic nitrogens is 4. The fraction of sp³-hybridized carbons (Fsp3) is 0.0667. The normalized spacial score (nSPS) is 10.5. The highest BCUT2D eigenvalue weighted by Gasteiger charge is 2.06. The van der Waals surface area contributed by atoms with Crippen molar-refractivity contribution in [1.29, 1.82) is 0 Å². The SMILES string of the molecule is O=C(O)c1ccc(Cn2cc(-c3ccccc3)nn2)nc1. The highest BCUT2D eigenvalue weighted by Crippen LogP contribution is 2.15. The molecule has 0 aliphatic heterocycles. The molecule has 1 aromatic carbocycles. The first-order chi connectivity index (χ1) is 10.2. The van der Waals surface area contributed by atoms with Crippen LogP contribution < -0.4 is 0 Å². The number of carboxylic acids is 1. The van der Waals surface area contributed by atoms with E-state index < -0.39 is 5.97 Å². The van der Waals surface area contributed by atoms with E-state index in [4.69, 9.17) is 5.11 Å². The van der Waals surface area contributed by atoms with Crippen LogP contribution in [0.5, 0.6) is 0 Å². The lowest BCUT2D eigenvalue weighted by atomic mass is 10.2. The van der Waals surface area contributed by atoms with Crippen LogP contribution in [0.4, 0.5) is 0 Å². The molecule has 104 valence electrons. The molecule has 0 bridgehead atoms. The number of hydrogen-bond acceptors (Lipinski definition) is 4. The molecule has 21 heavy (non-hydrogen) atoms. The third-order valence-corrected chi connectivity index (χ3v) is 3.00. The Kier molecular flexibility index (Phi) is 3.42. The van der Waals surface area contributed by atoms with Crippen molar-refractivity contribution >= 4 is 5.97 Å². The van der Waals surface area contributed by atoms with Gasteiger partial charge in [-0.05, 0) is 12.1 Å². The van der Waals surface area contributed by atoms with Gasteiger partial charge in [-0.2, -0.15) is 0 Å². The summed E-state index contributed by atoms with van der Waals surface area (Å²) in [5.74, 6) is -0.985. The van der Waals surface area contributed by atoms with Crippen LogP contribution in [0.3, 0.4) is 0 Å². The first-order valence-electron chi connectivity index (χ1n) is 6.36. The monoisotopic (exact) mass is 280 g/mol. The first-order valence-corrected chi connectivity index (χ1v) is 6.36. The fourth-order valence-corrected chi connectivity index (χ4v) is 1.93. The van der Waals surface area contributed by atoms with E-state index in [1.807, 2.05) is 36.5 Å². The molecule has 3 rings (SSSR count). The van der Waals surface area contributed by atoms with E-state index in [1.165, 1.54) is 12.3 Å². The highest BCUT2D eigenvalue weighted by molar-refractivity contribution is 5.87. The smallest absolute Gasteiger partial charge is 0.337 e. The first kappa shape index (κ1) is 13.0. The number of aromatic carboxylic acids is 1. The van der Waals surface area contributed by atoms with Gasteiger partial charge in [0.15, 0.2) is 0 Å². The summed E-state index contributed by atoms with van der Waals surface area (Å²) in [5.41, 5.74) is 2.68. The maximum Gasteiger partial charge on any atom is 0.337 e. The second-order valence-electron chi connectivity index (χ2n) is 4.51. The molecule has 0 saturated heterocycles. The van der Waals surface area contributed by atoms with Crippen LogP contribution in [-0.2, 0) is 6.54 Å². The number of carboxylic acid groups (broad SMARTS) is 1. The average molecular weight is 280 g/mol. The average Bonchev–Trinajstić information content (AvgIpc) is 2.97. The van der Waals surface area contributed by atoms with Crippen LogP contribution in [0.15, 0.2) is 54.9 Å². The van der Waals surface area contributed by atoms with Crippen LogP contribution in [0.2, 0.25) is 0 Å². The Morgan fingerprint density at radius 3 is 2.62 bits per heavy atom. The number of pyridine rings is 1. The Morgan fingerprint density at radius 2 is 1.95 bits per heavy atom. The lowest BCUT2D eigenvalue weighted by Crippen LogP contribution is -2.04. The van der Waals surface area contributed by atoms with Gasteiger partial charge in [0, 0.05) is 11.8 Å². The van der Waals surface area contributed by atoms with Crippen molar-refractivity contribution in [3.05, 3.63) is 66.1 Å². The summed E-state index contributed by atoms with van der Waals surface area (Å²) in [7, 11) is 0. The van der Waals surface area contributed by atoms with Gasteiger partial charge in [-0.15, -0.1) is 5.10 Å². The topological polar surface area (TPSA) is 80.9 Å². The van der Waals surface area contributed by atoms with Gasteiger partial charge >= 0.3 is 5.97 Å². The van der Waals surface area contributed by atoms with Gasteiger partial charge in [0.25, 0.3) is 0 Å². The lowest BCUT2D eigenvalue weighted by molar-refractivity contribution is 0.0696. The molecule has 6 heteroatoms. The van der Waals surface area contributed by atoms with Crippen molar-refractivity contribution in [1.82, 2.24) is 20.0 Å². The summed E-state index contributed by atoms with van der Waals surface area (Å²) in [4.78, 5) is 14.9. The summed E-state index contributed by atoms with van der Waals surface area (Å²) in [6.07, 6.45) is 3.18. The fourth-order valence-electron chi connectivity index (χ4n) is 1.93. The summed E-state index contributed by atoms with van der Waals surface area (Å²) < 4.78 is 1.67. The third kappa shape index (κ3) is 2.94. The summed E-state index contributed by atoms with van der Waals surface area (Å²) in [6, 6.07) is 13.0. The molecular formula is C15H12N4O2. The number of carbonyl (C=O) groups is 1. The van der Waals surface area contributed by atoms with Crippen molar-refractivity contribution in [3.63, 3.8) is 0 Å². The molecule has 0 unspecified atom stereocenters. The summed E-state index contributed by atoms with van der Waals surface area (Å²) in [5, 5.41) is 17.0. The van der Waals surface area contributed by atoms with Crippen LogP contribution in [0, 0.1) is 0 Å². The van der Waals surface area contributed by atoms with Crippen LogP contribution in [0.25, 0.3) is 11.3 Å². The quantitative estimate of drug-likeness (QED) is 0.791. The van der Waals surface area contributed by atoms with E-state index in [0.717, 1.165) is 17.0 Å². The molecule has 6 nitrogen and oxygen atoms in total. The molecule has 0 aliphatic rings. The van der Waals surface area contributed by atoms with Crippen LogP contribution in [0.1, 0.15) is 16.1 Å². The molecule has 1 N–H and O–H groups in total. The summed E-state index contributed by atoms with van der Waals surface area (Å²) in [6.45, 7) is 0.444. The van der Waals surface area contributed by atoms with Crippen molar-refractivity contribution in [2.75, 3.05) is 0 Å². The maximum atomic E-state index is 10.8. The van der Waals surface area contributed by atoms with Gasteiger partial charge < -0.3 is 5.11 Å². The number of benzene rings is 1.